The quantitative estimate of drug-likeness (QED) is 0.0328. The normalized spacial score (nSPS) is 12.7. The number of nitrogens with zero attached hydrogens (tertiary/aromatic N) is 2. The van der Waals surface area contributed by atoms with Crippen molar-refractivity contribution in [2.24, 2.45) is 0 Å². The maximum Gasteiger partial charge on any atom is 0.306 e. The first-order chi connectivity index (χ1) is 54.8. The van der Waals surface area contributed by atoms with E-state index in [4.69, 9.17) is 13.9 Å². The second-order valence-corrected chi connectivity index (χ2v) is 38.9. The van der Waals surface area contributed by atoms with Crippen LogP contribution < -0.4 is 21.0 Å². The first-order valence-electron chi connectivity index (χ1n) is 47.7. The summed E-state index contributed by atoms with van der Waals surface area (Å²) in [5.74, 6) is -0.459. The minimum atomic E-state index is -2.92. The van der Waals surface area contributed by atoms with Gasteiger partial charge in [-0.1, -0.05) is 405 Å². The highest BCUT2D eigenvalue weighted by molar-refractivity contribution is 6.99. The minimum absolute atomic E-state index is 0.0100. The number of aliphatic hydroxyl groups excluding tert-OH is 1. The minimum Gasteiger partial charge on any atom is -0.462 e. The number of aliphatic hydroxyl groups is 1. The zero-order chi connectivity index (χ0) is 82.9. The molecule has 654 valence electrons. The SMILES string of the molecule is CCCCCCCCCCCCCC(=O)N[C@@H](CO)CN(CC[C@@H](CCCCCCC)OC(=O)CCCCCCCCCCC)C(C)=O.CCCCCCCCCCCCCC(=O)N[C@@H](CO[Si](c1ccccc1)(c1ccccc1)C(C)(C)C)CN(CC[C@@H](CCCCCCC)OC(=O)CCCCCCCCCCC)C(C)=O. The van der Waals surface area contributed by atoms with Crippen LogP contribution in [0.15, 0.2) is 60.7 Å². The fraction of sp³-hybridized carbons (Fsp3) is 0.816. The molecule has 0 aliphatic heterocycles. The van der Waals surface area contributed by atoms with Crippen LogP contribution in [0.2, 0.25) is 5.04 Å². The maximum absolute atomic E-state index is 13.8. The van der Waals surface area contributed by atoms with Gasteiger partial charge in [-0.3, -0.25) is 28.8 Å². The van der Waals surface area contributed by atoms with Gasteiger partial charge in [0.2, 0.25) is 23.6 Å². The number of carbonyl (C=O) groups excluding carboxylic acids is 6. The van der Waals surface area contributed by atoms with Crippen LogP contribution in [-0.2, 0) is 42.7 Å². The highest BCUT2D eigenvalue weighted by Crippen LogP contribution is 2.37. The van der Waals surface area contributed by atoms with Crippen molar-refractivity contribution in [3.8, 4) is 0 Å². The molecule has 0 radical (unpaired) electrons. The molecule has 0 aromatic heterocycles. The van der Waals surface area contributed by atoms with E-state index in [9.17, 15) is 33.9 Å². The Balaban J connectivity index is 0.00000119. The molecule has 4 amide bonds. The monoisotopic (exact) mass is 1600 g/mol. The third-order valence-corrected chi connectivity index (χ3v) is 27.9. The summed E-state index contributed by atoms with van der Waals surface area (Å²) in [5.41, 5.74) is 0. The molecule has 2 aromatic carbocycles. The van der Waals surface area contributed by atoms with Gasteiger partial charge in [0, 0.05) is 78.6 Å². The van der Waals surface area contributed by atoms with Crippen molar-refractivity contribution in [3.63, 3.8) is 0 Å². The van der Waals surface area contributed by atoms with Crippen LogP contribution in [0.1, 0.15) is 449 Å². The van der Waals surface area contributed by atoms with Crippen molar-refractivity contribution in [3.05, 3.63) is 60.7 Å². The number of hydrogen-bond acceptors (Lipinski definition) is 10. The lowest BCUT2D eigenvalue weighted by Crippen LogP contribution is -2.67. The molecule has 0 heterocycles. The van der Waals surface area contributed by atoms with Gasteiger partial charge in [-0.15, -0.1) is 0 Å². The van der Waals surface area contributed by atoms with Gasteiger partial charge in [0.05, 0.1) is 25.3 Å². The van der Waals surface area contributed by atoms with Crippen LogP contribution in [0, 0.1) is 0 Å². The lowest BCUT2D eigenvalue weighted by molar-refractivity contribution is -0.151. The van der Waals surface area contributed by atoms with Gasteiger partial charge < -0.3 is 39.4 Å². The van der Waals surface area contributed by atoms with Crippen LogP contribution in [0.25, 0.3) is 0 Å². The van der Waals surface area contributed by atoms with Crippen molar-refractivity contribution in [2.75, 3.05) is 39.4 Å². The predicted octanol–water partition coefficient (Wildman–Crippen LogP) is 24.8. The van der Waals surface area contributed by atoms with E-state index in [1.165, 1.54) is 248 Å². The number of benzene rings is 2. The Morgan fingerprint density at radius 2 is 0.611 bits per heavy atom. The second kappa shape index (κ2) is 73.7. The molecule has 2 aromatic rings. The van der Waals surface area contributed by atoms with Crippen LogP contribution in [-0.4, -0.2) is 122 Å². The average molecular weight is 1600 g/mol. The molecule has 0 aliphatic carbocycles. The zero-order valence-corrected chi connectivity index (χ0v) is 76.4. The summed E-state index contributed by atoms with van der Waals surface area (Å²) in [4.78, 5) is 82.0. The van der Waals surface area contributed by atoms with Crippen LogP contribution in [0.5, 0.6) is 0 Å². The molecule has 113 heavy (non-hydrogen) atoms. The number of hydrogen-bond donors (Lipinski definition) is 3. The van der Waals surface area contributed by atoms with E-state index in [0.29, 0.717) is 58.2 Å². The standard InChI is InChI=1S/C57H98N2O5Si.C41H80N2O5/c1-8-11-14-17-19-21-22-24-25-28-37-44-55(61)58-51(49-63-65(57(5,6)7,53-40-33-30-34-41-53)54-42-35-31-36-43-54)48-59(50(4)60)47-46-52(39-32-27-16-13-10-3)64-56(62)45-38-29-26-23-20-18-15-12-9-2;1-5-8-11-14-16-18-19-21-22-25-28-31-40(46)42-38(36-44)35-43(37(4)45)34-33-39(30-27-24-13-10-7-3)48-41(47)32-29-26-23-20-17-15-12-9-6-2/h30-31,33-36,40-43,51-52H,8-29,32,37-39,44-49H2,1-7H3,(H,58,61);38-39,44H,5-36H2,1-4H3,(H,42,46)/t51-,52-;38-,39-/m11/s1. The molecule has 4 atom stereocenters. The molecule has 0 saturated heterocycles. The van der Waals surface area contributed by atoms with Gasteiger partial charge in [0.1, 0.15) is 12.2 Å². The molecule has 0 bridgehead atoms. The van der Waals surface area contributed by atoms with E-state index in [1.807, 2.05) is 17.0 Å². The van der Waals surface area contributed by atoms with Crippen molar-refractivity contribution >= 4 is 54.3 Å². The molecule has 15 heteroatoms. The Morgan fingerprint density at radius 3 is 0.885 bits per heavy atom. The smallest absolute Gasteiger partial charge is 0.306 e. The molecule has 0 fully saturated rings. The molecule has 0 spiro atoms. The van der Waals surface area contributed by atoms with E-state index >= 15 is 0 Å². The van der Waals surface area contributed by atoms with Gasteiger partial charge in [0.15, 0.2) is 0 Å². The number of ether oxygens (including phenoxy) is 2. The molecular weight excluding hydrogens is 1420 g/mol. The average Bonchev–Trinajstić information content (AvgIpc) is 0.748. The van der Waals surface area contributed by atoms with E-state index in [1.54, 1.807) is 11.8 Å². The highest BCUT2D eigenvalue weighted by Gasteiger charge is 2.50. The van der Waals surface area contributed by atoms with E-state index in [2.05, 4.69) is 121 Å². The Kier molecular flexibility index (Phi) is 69.4. The number of amides is 4. The first kappa shape index (κ1) is 106. The Hall–Kier alpha value is -4.60. The summed E-state index contributed by atoms with van der Waals surface area (Å²) in [6.07, 6.45) is 64.4. The van der Waals surface area contributed by atoms with Gasteiger partial charge in [-0.2, -0.15) is 0 Å². The molecule has 0 unspecified atom stereocenters. The summed E-state index contributed by atoms with van der Waals surface area (Å²) >= 11 is 0. The van der Waals surface area contributed by atoms with Crippen molar-refractivity contribution in [1.82, 2.24) is 20.4 Å². The van der Waals surface area contributed by atoms with Gasteiger partial charge in [-0.25, -0.2) is 0 Å². The zero-order valence-electron chi connectivity index (χ0n) is 75.4. The summed E-state index contributed by atoms with van der Waals surface area (Å²) in [7, 11) is -2.92. The predicted molar refractivity (Wildman–Crippen MR) is 481 cm³/mol. The third kappa shape index (κ3) is 57.2. The Morgan fingerprint density at radius 1 is 0.354 bits per heavy atom. The van der Waals surface area contributed by atoms with Gasteiger partial charge in [0.25, 0.3) is 8.32 Å². The molecule has 3 N–H and O–H groups in total. The molecule has 0 saturated carbocycles. The molecule has 14 nitrogen and oxygen atoms in total. The number of carbonyl (C=O) groups is 6. The largest absolute Gasteiger partial charge is 0.462 e. The Labute approximate surface area is 696 Å². The summed E-state index contributed by atoms with van der Waals surface area (Å²) in [5, 5.41) is 18.4. The summed E-state index contributed by atoms with van der Waals surface area (Å²) in [6.45, 7) is 24.9. The van der Waals surface area contributed by atoms with E-state index in [-0.39, 0.29) is 72.6 Å². The van der Waals surface area contributed by atoms with Crippen molar-refractivity contribution in [1.29, 1.82) is 0 Å². The van der Waals surface area contributed by atoms with Crippen LogP contribution >= 0.6 is 0 Å². The highest BCUT2D eigenvalue weighted by atomic mass is 28.4. The topological polar surface area (TPSA) is 181 Å². The number of unbranched alkanes of at least 4 members (excludes halogenated alkanes) is 44. The van der Waals surface area contributed by atoms with Crippen LogP contribution in [0.4, 0.5) is 0 Å². The van der Waals surface area contributed by atoms with E-state index in [0.717, 1.165) is 103 Å². The maximum atomic E-state index is 13.8. The van der Waals surface area contributed by atoms with Gasteiger partial charge in [-0.05, 0) is 66.8 Å². The summed E-state index contributed by atoms with van der Waals surface area (Å²) in [6, 6.07) is 20.3. The van der Waals surface area contributed by atoms with Crippen molar-refractivity contribution in [2.45, 2.75) is 478 Å². The number of rotatable bonds is 76. The number of nitrogens with one attached hydrogen (secondary N) is 2. The second-order valence-electron chi connectivity index (χ2n) is 34.6. The fourth-order valence-electron chi connectivity index (χ4n) is 15.8. The van der Waals surface area contributed by atoms with Crippen LogP contribution in [0.3, 0.4) is 0 Å². The van der Waals surface area contributed by atoms with E-state index < -0.39 is 20.4 Å². The number of esters is 2. The lowest BCUT2D eigenvalue weighted by atomic mass is 10.0. The molecule has 0 aliphatic rings. The van der Waals surface area contributed by atoms with Gasteiger partial charge >= 0.3 is 11.9 Å². The molecule has 2 rings (SSSR count). The summed E-state index contributed by atoms with van der Waals surface area (Å²) < 4.78 is 19.5. The van der Waals surface area contributed by atoms with Crippen molar-refractivity contribution < 1.29 is 47.8 Å². The lowest BCUT2D eigenvalue weighted by Gasteiger charge is -2.44. The fourth-order valence-corrected chi connectivity index (χ4v) is 20.4. The third-order valence-electron chi connectivity index (χ3n) is 22.9. The molecular formula is C98H178N4O10Si. The Bertz CT molecular complexity index is 2510. The first-order valence-corrected chi connectivity index (χ1v) is 49.6.